The molecular formula is C18H23F2N5. The van der Waals surface area contributed by atoms with Gasteiger partial charge in [-0.1, -0.05) is 6.07 Å². The molecule has 0 spiro atoms. The van der Waals surface area contributed by atoms with Crippen LogP contribution in [-0.2, 0) is 13.6 Å². The second-order valence-corrected chi connectivity index (χ2v) is 6.43. The number of halogens is 2. The van der Waals surface area contributed by atoms with Crippen LogP contribution >= 0.6 is 0 Å². The molecule has 1 aromatic heterocycles. The van der Waals surface area contributed by atoms with Gasteiger partial charge < -0.3 is 10.6 Å². The normalized spacial score (nSPS) is 19.8. The molecule has 1 aromatic carbocycles. The number of nitrogens with zero attached hydrogens (tertiary/aromatic N) is 3. The predicted molar refractivity (Wildman–Crippen MR) is 93.5 cm³/mol. The Morgan fingerprint density at radius 3 is 2.56 bits per heavy atom. The molecule has 1 aliphatic carbocycles. The fraction of sp³-hybridized carbons (Fsp3) is 0.444. The van der Waals surface area contributed by atoms with E-state index in [9.17, 15) is 8.78 Å². The van der Waals surface area contributed by atoms with E-state index in [1.165, 1.54) is 18.2 Å². The highest BCUT2D eigenvalue weighted by Gasteiger charge is 2.42. The van der Waals surface area contributed by atoms with Crippen LogP contribution in [0, 0.1) is 25.5 Å². The second kappa shape index (κ2) is 6.82. The monoisotopic (exact) mass is 347 g/mol. The van der Waals surface area contributed by atoms with Crippen LogP contribution in [-0.4, -0.2) is 28.8 Å². The van der Waals surface area contributed by atoms with Gasteiger partial charge in [0.1, 0.15) is 11.6 Å². The average molecular weight is 347 g/mol. The second-order valence-electron chi connectivity index (χ2n) is 6.43. The van der Waals surface area contributed by atoms with Gasteiger partial charge in [0, 0.05) is 49.4 Å². The topological polar surface area (TPSA) is 54.2 Å². The summed E-state index contributed by atoms with van der Waals surface area (Å²) in [5.41, 5.74) is 3.35. The fourth-order valence-corrected chi connectivity index (χ4v) is 3.15. The molecule has 1 heterocycles. The predicted octanol–water partition coefficient (Wildman–Crippen LogP) is 2.54. The third-order valence-corrected chi connectivity index (χ3v) is 4.80. The Balaban J connectivity index is 1.61. The highest BCUT2D eigenvalue weighted by Crippen LogP contribution is 2.43. The van der Waals surface area contributed by atoms with Gasteiger partial charge in [0.05, 0.1) is 5.69 Å². The van der Waals surface area contributed by atoms with E-state index < -0.39 is 11.6 Å². The first-order valence-electron chi connectivity index (χ1n) is 8.32. The van der Waals surface area contributed by atoms with Gasteiger partial charge in [0.25, 0.3) is 0 Å². The van der Waals surface area contributed by atoms with Crippen molar-refractivity contribution in [2.75, 3.05) is 7.05 Å². The molecule has 3 rings (SSSR count). The van der Waals surface area contributed by atoms with Crippen LogP contribution < -0.4 is 10.6 Å². The van der Waals surface area contributed by atoms with Crippen molar-refractivity contribution in [2.45, 2.75) is 38.8 Å². The molecule has 0 bridgehead atoms. The molecular weight excluding hydrogens is 324 g/mol. The van der Waals surface area contributed by atoms with Crippen LogP contribution in [0.5, 0.6) is 0 Å². The number of nitrogens with one attached hydrogen (secondary N) is 2. The van der Waals surface area contributed by atoms with Gasteiger partial charge in [0.15, 0.2) is 5.96 Å². The Labute approximate surface area is 146 Å². The Kier molecular flexibility index (Phi) is 4.74. The van der Waals surface area contributed by atoms with Gasteiger partial charge >= 0.3 is 0 Å². The molecule has 7 heteroatoms. The summed E-state index contributed by atoms with van der Waals surface area (Å²) in [6, 6.07) is 3.97. The third kappa shape index (κ3) is 3.50. The SMILES string of the molecule is CN=C(NCc1c(C)nn(C)c1C)NC1CC1c1c(F)cccc1F. The van der Waals surface area contributed by atoms with Crippen LogP contribution in [0.2, 0.25) is 0 Å². The molecule has 2 atom stereocenters. The van der Waals surface area contributed by atoms with Crippen molar-refractivity contribution in [1.29, 1.82) is 0 Å². The van der Waals surface area contributed by atoms with E-state index >= 15 is 0 Å². The first-order valence-corrected chi connectivity index (χ1v) is 8.32. The summed E-state index contributed by atoms with van der Waals surface area (Å²) in [4.78, 5) is 4.20. The number of benzene rings is 1. The largest absolute Gasteiger partial charge is 0.353 e. The molecule has 0 aliphatic heterocycles. The quantitative estimate of drug-likeness (QED) is 0.660. The van der Waals surface area contributed by atoms with Crippen molar-refractivity contribution < 1.29 is 8.78 Å². The third-order valence-electron chi connectivity index (χ3n) is 4.80. The maximum absolute atomic E-state index is 13.9. The van der Waals surface area contributed by atoms with E-state index in [-0.39, 0.29) is 17.5 Å². The molecule has 1 fully saturated rings. The molecule has 25 heavy (non-hydrogen) atoms. The van der Waals surface area contributed by atoms with E-state index in [0.29, 0.717) is 18.9 Å². The lowest BCUT2D eigenvalue weighted by molar-refractivity contribution is 0.553. The van der Waals surface area contributed by atoms with Crippen molar-refractivity contribution in [3.05, 3.63) is 52.3 Å². The number of guanidine groups is 1. The van der Waals surface area contributed by atoms with Crippen LogP contribution in [0.4, 0.5) is 8.78 Å². The number of aliphatic imine (C=N–C) groups is 1. The number of hydrogen-bond donors (Lipinski definition) is 2. The molecule has 134 valence electrons. The van der Waals surface area contributed by atoms with Crippen LogP contribution in [0.3, 0.4) is 0 Å². The summed E-state index contributed by atoms with van der Waals surface area (Å²) in [7, 11) is 3.59. The van der Waals surface area contributed by atoms with E-state index in [1.54, 1.807) is 7.05 Å². The standard InChI is InChI=1S/C18H23F2N5/c1-10-13(11(2)25(4)24-10)9-22-18(21-3)23-16-8-12(16)17-14(19)6-5-7-15(17)20/h5-7,12,16H,8-9H2,1-4H3,(H2,21,22,23). The van der Waals surface area contributed by atoms with E-state index in [0.717, 1.165) is 17.0 Å². The van der Waals surface area contributed by atoms with E-state index in [2.05, 4.69) is 20.7 Å². The van der Waals surface area contributed by atoms with Crippen LogP contribution in [0.25, 0.3) is 0 Å². The smallest absolute Gasteiger partial charge is 0.191 e. The molecule has 1 aliphatic rings. The van der Waals surface area contributed by atoms with Crippen molar-refractivity contribution in [1.82, 2.24) is 20.4 Å². The van der Waals surface area contributed by atoms with Crippen molar-refractivity contribution in [3.63, 3.8) is 0 Å². The zero-order valence-electron chi connectivity index (χ0n) is 14.9. The molecule has 0 radical (unpaired) electrons. The zero-order chi connectivity index (χ0) is 18.1. The summed E-state index contributed by atoms with van der Waals surface area (Å²) in [5.74, 6) is -0.522. The first kappa shape index (κ1) is 17.4. The average Bonchev–Trinajstić information content (AvgIpc) is 3.26. The van der Waals surface area contributed by atoms with Gasteiger partial charge in [0.2, 0.25) is 0 Å². The first-order chi connectivity index (χ1) is 11.9. The lowest BCUT2D eigenvalue weighted by Gasteiger charge is -2.12. The maximum atomic E-state index is 13.9. The summed E-state index contributed by atoms with van der Waals surface area (Å²) in [6.45, 7) is 4.58. The molecule has 2 aromatic rings. The molecule has 0 amide bonds. The Morgan fingerprint density at radius 1 is 1.32 bits per heavy atom. The minimum Gasteiger partial charge on any atom is -0.353 e. The molecule has 2 unspecified atom stereocenters. The lowest BCUT2D eigenvalue weighted by atomic mass is 10.1. The number of rotatable bonds is 4. The van der Waals surface area contributed by atoms with Crippen LogP contribution in [0.15, 0.2) is 23.2 Å². The number of aryl methyl sites for hydroxylation is 2. The van der Waals surface area contributed by atoms with E-state index in [1.807, 2.05) is 25.6 Å². The minimum atomic E-state index is -0.487. The number of aromatic nitrogens is 2. The molecule has 2 N–H and O–H groups in total. The lowest BCUT2D eigenvalue weighted by Crippen LogP contribution is -2.38. The van der Waals surface area contributed by atoms with Crippen molar-refractivity contribution >= 4 is 5.96 Å². The Hall–Kier alpha value is -2.44. The van der Waals surface area contributed by atoms with Gasteiger partial charge in [-0.2, -0.15) is 5.10 Å². The highest BCUT2D eigenvalue weighted by molar-refractivity contribution is 5.80. The summed E-state index contributed by atoms with van der Waals surface area (Å²) >= 11 is 0. The van der Waals surface area contributed by atoms with Crippen molar-refractivity contribution in [2.24, 2.45) is 12.0 Å². The minimum absolute atomic E-state index is 0.0197. The fourth-order valence-electron chi connectivity index (χ4n) is 3.15. The van der Waals surface area contributed by atoms with Crippen molar-refractivity contribution in [3.8, 4) is 0 Å². The maximum Gasteiger partial charge on any atom is 0.191 e. The van der Waals surface area contributed by atoms with Gasteiger partial charge in [-0.05, 0) is 32.4 Å². The summed E-state index contributed by atoms with van der Waals surface area (Å²) in [6.07, 6.45) is 0.684. The van der Waals surface area contributed by atoms with Gasteiger partial charge in [-0.25, -0.2) is 8.78 Å². The Bertz CT molecular complexity index is 792. The molecule has 1 saturated carbocycles. The highest BCUT2D eigenvalue weighted by atomic mass is 19.1. The van der Waals surface area contributed by atoms with Gasteiger partial charge in [-0.3, -0.25) is 9.67 Å². The summed E-state index contributed by atoms with van der Waals surface area (Å²) in [5, 5.41) is 10.9. The molecule has 0 saturated heterocycles. The Morgan fingerprint density at radius 2 is 2.00 bits per heavy atom. The zero-order valence-corrected chi connectivity index (χ0v) is 14.9. The van der Waals surface area contributed by atoms with Gasteiger partial charge in [-0.15, -0.1) is 0 Å². The molecule has 5 nitrogen and oxygen atoms in total. The number of hydrogen-bond acceptors (Lipinski definition) is 2. The van der Waals surface area contributed by atoms with Crippen LogP contribution in [0.1, 0.15) is 34.9 Å². The summed E-state index contributed by atoms with van der Waals surface area (Å²) < 4.78 is 29.6. The van der Waals surface area contributed by atoms with E-state index in [4.69, 9.17) is 0 Å².